The van der Waals surface area contributed by atoms with Gasteiger partial charge in [0.2, 0.25) is 0 Å². The fourth-order valence-corrected chi connectivity index (χ4v) is 0.946. The molecule has 0 unspecified atom stereocenters. The largest absolute Gasteiger partial charge is 0.384 e. The molecule has 0 radical (unpaired) electrons. The molecule has 0 bridgehead atoms. The molecule has 2 N–H and O–H groups in total. The predicted octanol–water partition coefficient (Wildman–Crippen LogP) is 1.76. The van der Waals surface area contributed by atoms with Crippen molar-refractivity contribution in [2.24, 2.45) is 0 Å². The van der Waals surface area contributed by atoms with Crippen molar-refractivity contribution < 1.29 is 5.11 Å². The van der Waals surface area contributed by atoms with Crippen LogP contribution < -0.4 is 0 Å². The van der Waals surface area contributed by atoms with E-state index in [2.05, 4.69) is 24.0 Å². The monoisotopic (exact) mass is 168 g/mol. The van der Waals surface area contributed by atoms with Gasteiger partial charge in [0.25, 0.3) is 0 Å². The summed E-state index contributed by atoms with van der Waals surface area (Å²) in [5, 5.41) is 16.5. The molecular formula is C9H16N2O. The lowest BCUT2D eigenvalue weighted by atomic mass is 10.0. The quantitative estimate of drug-likeness (QED) is 0.707. The van der Waals surface area contributed by atoms with E-state index in [0.717, 1.165) is 11.4 Å². The highest BCUT2D eigenvalue weighted by Crippen LogP contribution is 2.20. The number of aromatic nitrogens is 2. The molecule has 0 saturated carbocycles. The van der Waals surface area contributed by atoms with Gasteiger partial charge < -0.3 is 5.11 Å². The summed E-state index contributed by atoms with van der Waals surface area (Å²) in [7, 11) is 0. The van der Waals surface area contributed by atoms with Gasteiger partial charge in [-0.3, -0.25) is 5.10 Å². The molecule has 1 aromatic rings. The molecule has 0 amide bonds. The minimum absolute atomic E-state index is 0.400. The van der Waals surface area contributed by atoms with Crippen LogP contribution in [0.3, 0.4) is 0 Å². The van der Waals surface area contributed by atoms with Gasteiger partial charge in [-0.15, -0.1) is 0 Å². The number of nitrogens with zero attached hydrogens (tertiary/aromatic N) is 1. The Morgan fingerprint density at radius 1 is 1.50 bits per heavy atom. The van der Waals surface area contributed by atoms with Gasteiger partial charge in [-0.1, -0.05) is 13.8 Å². The summed E-state index contributed by atoms with van der Waals surface area (Å²) < 4.78 is 0. The molecule has 0 aliphatic rings. The Bertz CT molecular complexity index is 258. The molecule has 3 heteroatoms. The van der Waals surface area contributed by atoms with E-state index in [1.807, 2.05) is 6.07 Å². The molecule has 3 nitrogen and oxygen atoms in total. The molecule has 0 fully saturated rings. The van der Waals surface area contributed by atoms with E-state index >= 15 is 0 Å². The van der Waals surface area contributed by atoms with Crippen molar-refractivity contribution in [1.82, 2.24) is 10.2 Å². The molecule has 0 atom stereocenters. The number of aliphatic hydroxyl groups is 1. The van der Waals surface area contributed by atoms with E-state index in [0.29, 0.717) is 5.92 Å². The summed E-state index contributed by atoms with van der Waals surface area (Å²) in [4.78, 5) is 0. The average Bonchev–Trinajstić information content (AvgIpc) is 2.30. The number of nitrogens with one attached hydrogen (secondary N) is 1. The molecule has 0 aliphatic carbocycles. The summed E-state index contributed by atoms with van der Waals surface area (Å²) in [5.74, 6) is 0.400. The Balaban J connectivity index is 2.92. The smallest absolute Gasteiger partial charge is 0.100 e. The van der Waals surface area contributed by atoms with Crippen molar-refractivity contribution in [3.05, 3.63) is 17.5 Å². The maximum absolute atomic E-state index is 9.61. The number of hydrogen-bond donors (Lipinski definition) is 2. The Morgan fingerprint density at radius 3 is 2.33 bits per heavy atom. The van der Waals surface area contributed by atoms with Gasteiger partial charge in [0.1, 0.15) is 5.60 Å². The van der Waals surface area contributed by atoms with Gasteiger partial charge >= 0.3 is 0 Å². The fourth-order valence-electron chi connectivity index (χ4n) is 0.946. The minimum atomic E-state index is -0.819. The number of H-pyrrole nitrogens is 1. The zero-order valence-corrected chi connectivity index (χ0v) is 8.05. The van der Waals surface area contributed by atoms with Crippen molar-refractivity contribution in [2.75, 3.05) is 0 Å². The molecule has 1 rings (SSSR count). The van der Waals surface area contributed by atoms with Crippen LogP contribution in [0.15, 0.2) is 6.07 Å². The molecule has 0 spiro atoms. The van der Waals surface area contributed by atoms with Crippen LogP contribution >= 0.6 is 0 Å². The van der Waals surface area contributed by atoms with Crippen LogP contribution in [0, 0.1) is 0 Å². The number of aromatic amines is 1. The summed E-state index contributed by atoms with van der Waals surface area (Å²) in [5.41, 5.74) is 0.943. The Kier molecular flexibility index (Phi) is 2.24. The molecular weight excluding hydrogens is 152 g/mol. The number of hydrogen-bond acceptors (Lipinski definition) is 2. The van der Waals surface area contributed by atoms with Crippen LogP contribution in [0.2, 0.25) is 0 Å². The highest BCUT2D eigenvalue weighted by molar-refractivity contribution is 5.16. The number of rotatable bonds is 2. The first-order chi connectivity index (χ1) is 5.41. The third-order valence-electron chi connectivity index (χ3n) is 1.85. The van der Waals surface area contributed by atoms with Gasteiger partial charge in [-0.2, -0.15) is 5.10 Å². The van der Waals surface area contributed by atoms with Crippen molar-refractivity contribution >= 4 is 0 Å². The standard InChI is InChI=1S/C9H16N2O/c1-6(2)7-5-8(11-10-7)9(3,4)12/h5-6,12H,1-4H3,(H,10,11). The maximum atomic E-state index is 9.61. The fraction of sp³-hybridized carbons (Fsp3) is 0.667. The van der Waals surface area contributed by atoms with Gasteiger partial charge in [0.15, 0.2) is 0 Å². The third kappa shape index (κ3) is 1.85. The maximum Gasteiger partial charge on any atom is 0.100 e. The third-order valence-corrected chi connectivity index (χ3v) is 1.85. The van der Waals surface area contributed by atoms with Gasteiger partial charge in [-0.05, 0) is 25.8 Å². The first-order valence-electron chi connectivity index (χ1n) is 4.19. The average molecular weight is 168 g/mol. The zero-order chi connectivity index (χ0) is 9.35. The van der Waals surface area contributed by atoms with Crippen LogP contribution in [0.5, 0.6) is 0 Å². The van der Waals surface area contributed by atoms with E-state index in [4.69, 9.17) is 0 Å². The highest BCUT2D eigenvalue weighted by Gasteiger charge is 2.19. The van der Waals surface area contributed by atoms with E-state index < -0.39 is 5.60 Å². The second-order valence-corrected chi connectivity index (χ2v) is 3.92. The van der Waals surface area contributed by atoms with Crippen LogP contribution in [0.25, 0.3) is 0 Å². The molecule has 1 heterocycles. The van der Waals surface area contributed by atoms with Gasteiger partial charge in [-0.25, -0.2) is 0 Å². The summed E-state index contributed by atoms with van der Waals surface area (Å²) in [6.45, 7) is 7.63. The van der Waals surface area contributed by atoms with E-state index in [9.17, 15) is 5.11 Å². The molecule has 0 aromatic carbocycles. The lowest BCUT2D eigenvalue weighted by Crippen LogP contribution is -2.15. The van der Waals surface area contributed by atoms with Crippen LogP contribution in [0.4, 0.5) is 0 Å². The van der Waals surface area contributed by atoms with E-state index in [1.54, 1.807) is 13.8 Å². The van der Waals surface area contributed by atoms with Crippen molar-refractivity contribution in [1.29, 1.82) is 0 Å². The van der Waals surface area contributed by atoms with Gasteiger partial charge in [0.05, 0.1) is 11.4 Å². The summed E-state index contributed by atoms with van der Waals surface area (Å²) in [6.07, 6.45) is 0. The first-order valence-corrected chi connectivity index (χ1v) is 4.19. The summed E-state index contributed by atoms with van der Waals surface area (Å²) in [6, 6.07) is 1.91. The first kappa shape index (κ1) is 9.26. The van der Waals surface area contributed by atoms with Crippen molar-refractivity contribution in [3.8, 4) is 0 Å². The second kappa shape index (κ2) is 2.90. The Hall–Kier alpha value is -0.830. The molecule has 0 saturated heterocycles. The normalized spacial score (nSPS) is 12.5. The van der Waals surface area contributed by atoms with Crippen LogP contribution in [-0.2, 0) is 5.60 Å². The predicted molar refractivity (Wildman–Crippen MR) is 47.9 cm³/mol. The molecule has 12 heavy (non-hydrogen) atoms. The summed E-state index contributed by atoms with van der Waals surface area (Å²) >= 11 is 0. The van der Waals surface area contributed by atoms with Gasteiger partial charge in [0, 0.05) is 0 Å². The Morgan fingerprint density at radius 2 is 2.08 bits per heavy atom. The molecule has 0 aliphatic heterocycles. The topological polar surface area (TPSA) is 48.9 Å². The molecule has 68 valence electrons. The van der Waals surface area contributed by atoms with E-state index in [1.165, 1.54) is 0 Å². The Labute approximate surface area is 72.8 Å². The van der Waals surface area contributed by atoms with Crippen LogP contribution in [-0.4, -0.2) is 15.3 Å². The highest BCUT2D eigenvalue weighted by atomic mass is 16.3. The SMILES string of the molecule is CC(C)c1cc(C(C)(C)O)[nH]n1. The minimum Gasteiger partial charge on any atom is -0.384 e. The lowest BCUT2D eigenvalue weighted by molar-refractivity contribution is 0.0738. The second-order valence-electron chi connectivity index (χ2n) is 3.92. The lowest BCUT2D eigenvalue weighted by Gasteiger charge is -2.13. The van der Waals surface area contributed by atoms with E-state index in [-0.39, 0.29) is 0 Å². The van der Waals surface area contributed by atoms with Crippen LogP contribution in [0.1, 0.15) is 45.0 Å². The van der Waals surface area contributed by atoms with Crippen molar-refractivity contribution in [3.63, 3.8) is 0 Å². The molecule has 1 aromatic heterocycles. The van der Waals surface area contributed by atoms with Crippen molar-refractivity contribution in [2.45, 2.75) is 39.2 Å². The zero-order valence-electron chi connectivity index (χ0n) is 8.05.